The Hall–Kier alpha value is -2.37. The molecule has 0 saturated carbocycles. The summed E-state index contributed by atoms with van der Waals surface area (Å²) < 4.78 is 80.4. The van der Waals surface area contributed by atoms with Gasteiger partial charge in [-0.2, -0.15) is 26.3 Å². The van der Waals surface area contributed by atoms with E-state index in [0.717, 1.165) is 4.90 Å². The highest BCUT2D eigenvalue weighted by Crippen LogP contribution is 2.36. The number of nitrogens with zero attached hydrogens (tertiary/aromatic N) is 2. The summed E-state index contributed by atoms with van der Waals surface area (Å²) in [5.74, 6) is 0. The maximum atomic E-state index is 12.5. The molecule has 1 aromatic heterocycles. The number of rotatable bonds is 2. The smallest absolute Gasteiger partial charge is 0.426 e. The van der Waals surface area contributed by atoms with Gasteiger partial charge < -0.3 is 14.6 Å². The molecule has 1 saturated heterocycles. The number of piperidine rings is 1. The van der Waals surface area contributed by atoms with Gasteiger partial charge in [-0.25, -0.2) is 9.59 Å². The zero-order valence-corrected chi connectivity index (χ0v) is 15.2. The van der Waals surface area contributed by atoms with E-state index >= 15 is 0 Å². The highest BCUT2D eigenvalue weighted by molar-refractivity contribution is 6.31. The molecule has 0 bridgehead atoms. The van der Waals surface area contributed by atoms with Crippen LogP contribution in [0.4, 0.5) is 31.1 Å². The van der Waals surface area contributed by atoms with Crippen molar-refractivity contribution in [3.05, 3.63) is 33.7 Å². The first kappa shape index (κ1) is 21.3. The first-order chi connectivity index (χ1) is 13.4. The number of H-pyrrole nitrogens is 1. The van der Waals surface area contributed by atoms with Gasteiger partial charge >= 0.3 is 24.1 Å². The van der Waals surface area contributed by atoms with Crippen molar-refractivity contribution in [2.75, 3.05) is 13.1 Å². The van der Waals surface area contributed by atoms with Crippen LogP contribution >= 0.6 is 11.6 Å². The summed E-state index contributed by atoms with van der Waals surface area (Å²) in [7, 11) is 0. The first-order valence-electron chi connectivity index (χ1n) is 8.36. The van der Waals surface area contributed by atoms with Crippen molar-refractivity contribution in [2.24, 2.45) is 0 Å². The van der Waals surface area contributed by atoms with Crippen LogP contribution in [0.1, 0.15) is 18.9 Å². The van der Waals surface area contributed by atoms with E-state index in [1.165, 1.54) is 4.57 Å². The number of hydrogen-bond acceptors (Lipinski definition) is 3. The molecule has 0 aliphatic carbocycles. The fourth-order valence-electron chi connectivity index (χ4n) is 3.27. The third-order valence-corrected chi connectivity index (χ3v) is 4.81. The van der Waals surface area contributed by atoms with Crippen LogP contribution in [0.2, 0.25) is 5.02 Å². The molecule has 13 heteroatoms. The van der Waals surface area contributed by atoms with E-state index in [0.29, 0.717) is 16.1 Å². The molecule has 29 heavy (non-hydrogen) atoms. The Bertz CT molecular complexity index is 945. The summed E-state index contributed by atoms with van der Waals surface area (Å²) in [6.07, 6.45) is -17.2. The SMILES string of the molecule is O=C(OC(C(F)(F)F)C(F)(F)F)N1CCC(n2c(=O)[nH]c3cc(Cl)ccc32)CC1. The predicted molar refractivity (Wildman–Crippen MR) is 89.8 cm³/mol. The van der Waals surface area contributed by atoms with E-state index in [9.17, 15) is 35.9 Å². The number of fused-ring (bicyclic) bond motifs is 1. The molecule has 0 unspecified atom stereocenters. The third kappa shape index (κ3) is 4.46. The minimum atomic E-state index is -5.77. The second kappa shape index (κ2) is 7.47. The zero-order valence-electron chi connectivity index (χ0n) is 14.5. The minimum Gasteiger partial charge on any atom is -0.426 e. The van der Waals surface area contributed by atoms with Gasteiger partial charge in [-0.15, -0.1) is 0 Å². The molecule has 2 aromatic rings. The summed E-state index contributed by atoms with van der Waals surface area (Å²) in [5, 5.41) is 0.410. The number of hydrogen-bond donors (Lipinski definition) is 1. The number of carbonyl (C=O) groups excluding carboxylic acids is 1. The van der Waals surface area contributed by atoms with Gasteiger partial charge in [0.05, 0.1) is 11.0 Å². The van der Waals surface area contributed by atoms with Gasteiger partial charge in [-0.3, -0.25) is 4.57 Å². The Morgan fingerprint density at radius 2 is 1.72 bits per heavy atom. The lowest BCUT2D eigenvalue weighted by molar-refractivity contribution is -0.308. The Morgan fingerprint density at radius 3 is 2.28 bits per heavy atom. The van der Waals surface area contributed by atoms with Crippen LogP contribution in [0.3, 0.4) is 0 Å². The summed E-state index contributed by atoms with van der Waals surface area (Å²) >= 11 is 5.88. The van der Waals surface area contributed by atoms with Crippen molar-refractivity contribution in [3.63, 3.8) is 0 Å². The molecule has 3 rings (SSSR count). The fourth-order valence-corrected chi connectivity index (χ4v) is 3.44. The number of aromatic nitrogens is 2. The molecule has 1 aromatic carbocycles. The molecule has 0 spiro atoms. The number of imidazole rings is 1. The van der Waals surface area contributed by atoms with Crippen LogP contribution in [0, 0.1) is 0 Å². The first-order valence-corrected chi connectivity index (χ1v) is 8.74. The van der Waals surface area contributed by atoms with Gasteiger partial charge in [0.15, 0.2) is 0 Å². The van der Waals surface area contributed by atoms with Crippen LogP contribution in [0.15, 0.2) is 23.0 Å². The molecule has 2 heterocycles. The van der Waals surface area contributed by atoms with E-state index in [4.69, 9.17) is 11.6 Å². The number of benzene rings is 1. The van der Waals surface area contributed by atoms with Gasteiger partial charge in [0.2, 0.25) is 0 Å². The van der Waals surface area contributed by atoms with Crippen LogP contribution < -0.4 is 5.69 Å². The zero-order chi connectivity index (χ0) is 21.6. The van der Waals surface area contributed by atoms with Crippen molar-refractivity contribution in [1.82, 2.24) is 14.5 Å². The van der Waals surface area contributed by atoms with E-state index in [1.807, 2.05) is 0 Å². The van der Waals surface area contributed by atoms with Gasteiger partial charge in [-0.05, 0) is 31.0 Å². The quantitative estimate of drug-likeness (QED) is 0.703. The summed E-state index contributed by atoms with van der Waals surface area (Å²) in [6.45, 7) is -0.336. The molecule has 1 aliphatic heterocycles. The maximum absolute atomic E-state index is 12.5. The van der Waals surface area contributed by atoms with Gasteiger partial charge in [0, 0.05) is 24.2 Å². The Labute approximate surface area is 164 Å². The second-order valence-electron chi connectivity index (χ2n) is 6.53. The molecule has 1 N–H and O–H groups in total. The number of ether oxygens (including phenoxy) is 1. The number of alkyl halides is 6. The molecule has 6 nitrogen and oxygen atoms in total. The number of nitrogens with one attached hydrogen (secondary N) is 1. The van der Waals surface area contributed by atoms with Crippen LogP contribution in [-0.4, -0.2) is 52.1 Å². The molecule has 1 fully saturated rings. The molecule has 0 radical (unpaired) electrons. The lowest BCUT2D eigenvalue weighted by atomic mass is 10.0. The number of halogens is 7. The Balaban J connectivity index is 1.70. The molecule has 1 aliphatic rings. The van der Waals surface area contributed by atoms with Crippen molar-refractivity contribution in [1.29, 1.82) is 0 Å². The number of likely N-dealkylation sites (tertiary alicyclic amines) is 1. The lowest BCUT2D eigenvalue weighted by Gasteiger charge is -2.33. The molecule has 1 amide bonds. The van der Waals surface area contributed by atoms with E-state index in [1.54, 1.807) is 18.2 Å². The van der Waals surface area contributed by atoms with Crippen molar-refractivity contribution in [3.8, 4) is 0 Å². The lowest BCUT2D eigenvalue weighted by Crippen LogP contribution is -2.49. The summed E-state index contributed by atoms with van der Waals surface area (Å²) in [4.78, 5) is 27.5. The average Bonchev–Trinajstić information content (AvgIpc) is 2.92. The normalized spacial score (nSPS) is 16.6. The van der Waals surface area contributed by atoms with E-state index in [-0.39, 0.29) is 25.9 Å². The topological polar surface area (TPSA) is 67.3 Å². The molecular formula is C16H14ClF6N3O3. The summed E-state index contributed by atoms with van der Waals surface area (Å²) in [6, 6.07) is 4.35. The third-order valence-electron chi connectivity index (χ3n) is 4.58. The number of aromatic amines is 1. The highest BCUT2D eigenvalue weighted by atomic mass is 35.5. The largest absolute Gasteiger partial charge is 0.434 e. The average molecular weight is 446 g/mol. The van der Waals surface area contributed by atoms with Gasteiger partial charge in [0.1, 0.15) is 0 Å². The van der Waals surface area contributed by atoms with Crippen LogP contribution in [0.25, 0.3) is 11.0 Å². The summed E-state index contributed by atoms with van der Waals surface area (Å²) in [5.41, 5.74) is 0.606. The Morgan fingerprint density at radius 1 is 1.14 bits per heavy atom. The van der Waals surface area contributed by atoms with E-state index < -0.39 is 36.3 Å². The van der Waals surface area contributed by atoms with Crippen molar-refractivity contribution in [2.45, 2.75) is 37.3 Å². The highest BCUT2D eigenvalue weighted by Gasteiger charge is 2.60. The Kier molecular flexibility index (Phi) is 5.50. The van der Waals surface area contributed by atoms with Crippen LogP contribution in [-0.2, 0) is 4.74 Å². The fraction of sp³-hybridized carbons (Fsp3) is 0.500. The molecular weight excluding hydrogens is 432 g/mol. The minimum absolute atomic E-state index is 0.146. The maximum Gasteiger partial charge on any atom is 0.434 e. The standard InChI is InChI=1S/C16H14ClF6N3O3/c17-8-1-2-11-10(7-8)24-13(27)26(11)9-3-5-25(6-4-9)14(28)29-12(15(18,19)20)16(21,22)23/h1-2,7,9,12H,3-6H2,(H,24,27). The predicted octanol–water partition coefficient (Wildman–Crippen LogP) is 4.25. The van der Waals surface area contributed by atoms with E-state index in [2.05, 4.69) is 9.72 Å². The second-order valence-corrected chi connectivity index (χ2v) is 6.96. The molecule has 0 atom stereocenters. The van der Waals surface area contributed by atoms with Crippen molar-refractivity contribution >= 4 is 28.7 Å². The van der Waals surface area contributed by atoms with Crippen molar-refractivity contribution < 1.29 is 35.9 Å². The molecule has 160 valence electrons. The van der Waals surface area contributed by atoms with Gasteiger partial charge in [-0.1, -0.05) is 11.6 Å². The van der Waals surface area contributed by atoms with Crippen LogP contribution in [0.5, 0.6) is 0 Å². The van der Waals surface area contributed by atoms with Gasteiger partial charge in [0.25, 0.3) is 6.10 Å². The number of amides is 1. The monoisotopic (exact) mass is 445 g/mol. The number of carbonyl (C=O) groups is 1.